The molecule has 2 aliphatic rings. The first-order chi connectivity index (χ1) is 51.0. The van der Waals surface area contributed by atoms with Crippen molar-refractivity contribution in [3.05, 3.63) is 0 Å². The number of hydrogen-bond donors (Lipinski definition) is 22. The Hall–Kier alpha value is -6.55. The fraction of sp³-hybridized carbons (Fsp3) is 0.836. The number of amides is 11. The molecule has 5 unspecified atom stereocenters. The summed E-state index contributed by atoms with van der Waals surface area (Å²) in [5, 5.41) is 140. The second-order valence-corrected chi connectivity index (χ2v) is 26.3. The number of carbonyl (C=O) groups is 11. The molecule has 0 spiro atoms. The van der Waals surface area contributed by atoms with Crippen LogP contribution in [0.15, 0.2) is 0 Å². The van der Waals surface area contributed by atoms with Gasteiger partial charge in [0, 0.05) is 150 Å². The van der Waals surface area contributed by atoms with Gasteiger partial charge in [-0.25, -0.2) is 0 Å². The van der Waals surface area contributed by atoms with Crippen LogP contribution in [0.25, 0.3) is 0 Å². The third-order valence-corrected chi connectivity index (χ3v) is 17.6. The highest BCUT2D eigenvalue weighted by atomic mass is 16.7. The van der Waals surface area contributed by atoms with Gasteiger partial charge in [-0.2, -0.15) is 0 Å². The van der Waals surface area contributed by atoms with E-state index in [0.717, 1.165) is 13.8 Å². The van der Waals surface area contributed by atoms with E-state index in [9.17, 15) is 109 Å². The molecule has 0 aromatic rings. The summed E-state index contributed by atoms with van der Waals surface area (Å²) in [6, 6.07) is -1.10. The van der Waals surface area contributed by atoms with Gasteiger partial charge in [0.05, 0.1) is 78.8 Å². The fourth-order valence-corrected chi connectivity index (χ4v) is 11.6. The summed E-state index contributed by atoms with van der Waals surface area (Å²) in [6.45, 7) is -0.311. The van der Waals surface area contributed by atoms with Gasteiger partial charge in [-0.15, -0.1) is 0 Å². The molecule has 13 atom stereocenters. The Labute approximate surface area is 622 Å². The van der Waals surface area contributed by atoms with Crippen LogP contribution >= 0.6 is 0 Å². The van der Waals surface area contributed by atoms with Crippen LogP contribution in [-0.2, 0) is 85.9 Å². The normalized spacial score (nSPS) is 21.4. The molecule has 1 saturated carbocycles. The van der Waals surface area contributed by atoms with Crippen LogP contribution in [0.5, 0.6) is 0 Å². The number of ether oxygens (including phenoxy) is 7. The number of aliphatic hydroxyl groups is 11. The van der Waals surface area contributed by atoms with Crippen LogP contribution in [0.3, 0.4) is 0 Å². The Morgan fingerprint density at radius 3 is 1.29 bits per heavy atom. The molecule has 1 aliphatic heterocycles. The quantitative estimate of drug-likeness (QED) is 0.0199. The topological polar surface area (TPSA) is 607 Å². The number of hydrogen-bond acceptors (Lipinski definition) is 29. The second kappa shape index (κ2) is 54.1. The molecule has 2 fully saturated rings. The minimum atomic E-state index is -1.88. The van der Waals surface area contributed by atoms with Crippen molar-refractivity contribution in [3.63, 3.8) is 0 Å². The smallest absolute Gasteiger partial charge is 0.222 e. The van der Waals surface area contributed by atoms with E-state index in [1.54, 1.807) is 0 Å². The van der Waals surface area contributed by atoms with Crippen LogP contribution in [0, 0.1) is 11.8 Å². The van der Waals surface area contributed by atoms with E-state index in [1.165, 1.54) is 14.0 Å². The molecule has 0 aromatic heterocycles. The van der Waals surface area contributed by atoms with E-state index >= 15 is 0 Å². The van der Waals surface area contributed by atoms with Gasteiger partial charge in [-0.3, -0.25) is 52.7 Å². The molecule has 11 amide bonds. The van der Waals surface area contributed by atoms with Crippen molar-refractivity contribution < 1.29 is 142 Å². The lowest BCUT2D eigenvalue weighted by Crippen LogP contribution is -2.82. The van der Waals surface area contributed by atoms with Gasteiger partial charge in [0.25, 0.3) is 0 Å². The lowest BCUT2D eigenvalue weighted by atomic mass is 9.61. The van der Waals surface area contributed by atoms with Crippen molar-refractivity contribution in [1.29, 1.82) is 0 Å². The number of rotatable bonds is 61. The summed E-state index contributed by atoms with van der Waals surface area (Å²) >= 11 is 0. The predicted octanol–water partition coefficient (Wildman–Crippen LogP) is -8.33. The highest BCUT2D eigenvalue weighted by Gasteiger charge is 2.66. The minimum Gasteiger partial charge on any atom is -0.396 e. The maximum absolute atomic E-state index is 13.6. The van der Waals surface area contributed by atoms with Gasteiger partial charge in [-0.1, -0.05) is 0 Å². The zero-order valence-corrected chi connectivity index (χ0v) is 62.0. The molecule has 1 aliphatic carbocycles. The Morgan fingerprint density at radius 2 is 0.888 bits per heavy atom. The molecule has 0 aromatic carbocycles. The highest BCUT2D eigenvalue weighted by Crippen LogP contribution is 2.42. The van der Waals surface area contributed by atoms with Crippen LogP contribution in [0.4, 0.5) is 0 Å². The molecule has 40 heteroatoms. The molecule has 107 heavy (non-hydrogen) atoms. The minimum absolute atomic E-state index is 0.0289. The van der Waals surface area contributed by atoms with Gasteiger partial charge < -0.3 is 148 Å². The SMILES string of the molecule is CNC(=O)CCCC(=O)NC(COCCC(=O)NCCCNC(=O)CCCCO[C@@H]1OC(CO)[C@H](O)C(O)[C@@H]1NC(C)=O)(COCCC(=O)NCCCNC(=O)CCCCO[C@H](O)[C@@]1(NC(C)=O)C(O)[C@@H](O)C1CO)COCCC(=O)NCCCNC(=O)CCCCO[C@H](O)[C@](CO)(NC(C)=O)C(CO)CO. The van der Waals surface area contributed by atoms with Gasteiger partial charge in [0.1, 0.15) is 47.1 Å². The average molecular weight is 1540 g/mol. The van der Waals surface area contributed by atoms with E-state index < -0.39 is 158 Å². The largest absolute Gasteiger partial charge is 0.396 e. The van der Waals surface area contributed by atoms with E-state index in [2.05, 4.69) is 58.5 Å². The Morgan fingerprint density at radius 1 is 0.458 bits per heavy atom. The molecule has 1 heterocycles. The van der Waals surface area contributed by atoms with E-state index in [0.29, 0.717) is 51.4 Å². The maximum Gasteiger partial charge on any atom is 0.222 e. The Balaban J connectivity index is 1.97. The van der Waals surface area contributed by atoms with Crippen LogP contribution in [0.1, 0.15) is 136 Å². The third-order valence-electron chi connectivity index (χ3n) is 17.6. The zero-order chi connectivity index (χ0) is 79.8. The molecular weight excluding hydrogens is 1420 g/mol. The monoisotopic (exact) mass is 1540 g/mol. The summed E-state index contributed by atoms with van der Waals surface area (Å²) in [5.41, 5.74) is -5.20. The summed E-state index contributed by atoms with van der Waals surface area (Å²) in [5.74, 6) is -6.94. The third kappa shape index (κ3) is 36.2. The summed E-state index contributed by atoms with van der Waals surface area (Å²) in [7, 11) is 1.45. The standard InChI is InChI=1S/C67H121N11O29/c1-43(84)75-57-60(97)59(96)48(38-82)107-62(57)104-29-8-5-15-50(88)69-23-12-26-72-53(91)20-32-101-40-65(78-56(94)19-11-18-49(87)68-4,41-102-33-21-54(92)73-27-13-24-70-51(89)16-6-9-30-105-63(99)66(39-83,76-44(2)85)46(35-79)36-80)42-103-34-22-55(93)74-28-14-25-71-52(90)17-7-10-31-106-64(100)67(77-45(3)86)47(37-81)58(95)61(67)98/h46-48,57-64,79-83,95-100H,5-42H2,1-4H3,(H,68,87)(H,69,88)(H,70,89)(H,71,90)(H,72,91)(H,73,92)(H,74,93)(H,75,84)(H,76,85)(H,77,86)(H,78,94)/t47?,48?,57-,58-,59-,60?,61?,62+,63-,64-,65?,66+,67-/m0/s1. The maximum atomic E-state index is 13.6. The molecule has 2 rings (SSSR count). The number of carbonyl (C=O) groups excluding carboxylic acids is 11. The molecule has 22 N–H and O–H groups in total. The van der Waals surface area contributed by atoms with Crippen molar-refractivity contribution in [2.24, 2.45) is 11.8 Å². The van der Waals surface area contributed by atoms with Crippen molar-refractivity contribution in [1.82, 2.24) is 58.5 Å². The summed E-state index contributed by atoms with van der Waals surface area (Å²) in [4.78, 5) is 137. The predicted molar refractivity (Wildman–Crippen MR) is 374 cm³/mol. The molecule has 618 valence electrons. The first-order valence-electron chi connectivity index (χ1n) is 36.4. The summed E-state index contributed by atoms with van der Waals surface area (Å²) in [6.07, 6.45) is -8.80. The van der Waals surface area contributed by atoms with E-state index in [1.807, 2.05) is 0 Å². The highest BCUT2D eigenvalue weighted by molar-refractivity contribution is 5.80. The molecule has 0 bridgehead atoms. The van der Waals surface area contributed by atoms with Crippen molar-refractivity contribution in [2.75, 3.05) is 139 Å². The Bertz CT molecular complexity index is 2500. The first kappa shape index (κ1) is 96.5. The number of aliphatic hydroxyl groups excluding tert-OH is 11. The van der Waals surface area contributed by atoms with Crippen LogP contribution in [-0.4, -0.2) is 332 Å². The van der Waals surface area contributed by atoms with Gasteiger partial charge >= 0.3 is 0 Å². The van der Waals surface area contributed by atoms with E-state index in [4.69, 9.17) is 33.2 Å². The van der Waals surface area contributed by atoms with Gasteiger partial charge in [0.2, 0.25) is 65.0 Å². The van der Waals surface area contributed by atoms with Crippen molar-refractivity contribution >= 4 is 65.0 Å². The fourth-order valence-electron chi connectivity index (χ4n) is 11.6. The van der Waals surface area contributed by atoms with Gasteiger partial charge in [-0.05, 0) is 64.2 Å². The molecule has 40 nitrogen and oxygen atoms in total. The average Bonchev–Trinajstić information content (AvgIpc) is 0.719. The Kier molecular flexibility index (Phi) is 48.8. The van der Waals surface area contributed by atoms with Gasteiger partial charge in [0.15, 0.2) is 18.9 Å². The van der Waals surface area contributed by atoms with Crippen LogP contribution in [0.2, 0.25) is 0 Å². The summed E-state index contributed by atoms with van der Waals surface area (Å²) < 4.78 is 40.0. The number of unbranched alkanes of at least 4 members (excludes halogenated alkanes) is 3. The zero-order valence-electron chi connectivity index (χ0n) is 62.0. The van der Waals surface area contributed by atoms with Crippen LogP contribution < -0.4 is 58.5 Å². The molecule has 0 radical (unpaired) electrons. The second-order valence-electron chi connectivity index (χ2n) is 26.3. The lowest BCUT2D eigenvalue weighted by molar-refractivity contribution is -0.281. The lowest BCUT2D eigenvalue weighted by Gasteiger charge is -2.57. The van der Waals surface area contributed by atoms with Crippen molar-refractivity contribution in [3.8, 4) is 0 Å². The van der Waals surface area contributed by atoms with E-state index in [-0.39, 0.29) is 187 Å². The molecule has 1 saturated heterocycles. The first-order valence-corrected chi connectivity index (χ1v) is 36.4. The van der Waals surface area contributed by atoms with Crippen molar-refractivity contribution in [2.45, 2.75) is 208 Å². The number of nitrogens with one attached hydrogen (secondary N) is 11. The molecular formula is C67H121N11O29.